The number of hydrogen-bond donors (Lipinski definition) is 1. The topological polar surface area (TPSA) is 57.4 Å². The SMILES string of the molecule is COc1cccc(-c2cc(N)cnc2OC)c1F. The van der Waals surface area contributed by atoms with Crippen molar-refractivity contribution in [2.24, 2.45) is 0 Å². The maximum atomic E-state index is 14.2. The van der Waals surface area contributed by atoms with E-state index in [1.807, 2.05) is 0 Å². The molecule has 18 heavy (non-hydrogen) atoms. The van der Waals surface area contributed by atoms with Crippen LogP contribution in [0.3, 0.4) is 0 Å². The van der Waals surface area contributed by atoms with Gasteiger partial charge in [0, 0.05) is 11.1 Å². The summed E-state index contributed by atoms with van der Waals surface area (Å²) in [7, 11) is 2.89. The average Bonchev–Trinajstić information content (AvgIpc) is 2.39. The van der Waals surface area contributed by atoms with Gasteiger partial charge in [-0.3, -0.25) is 0 Å². The number of ether oxygens (including phenoxy) is 2. The fourth-order valence-corrected chi connectivity index (χ4v) is 1.70. The number of halogens is 1. The lowest BCUT2D eigenvalue weighted by atomic mass is 10.1. The minimum atomic E-state index is -0.467. The van der Waals surface area contributed by atoms with Crippen LogP contribution in [0, 0.1) is 5.82 Å². The van der Waals surface area contributed by atoms with Crippen LogP contribution < -0.4 is 15.2 Å². The number of anilines is 1. The van der Waals surface area contributed by atoms with Crippen LogP contribution in [0.1, 0.15) is 0 Å². The molecule has 0 spiro atoms. The highest BCUT2D eigenvalue weighted by molar-refractivity contribution is 5.73. The normalized spacial score (nSPS) is 10.2. The molecule has 94 valence electrons. The quantitative estimate of drug-likeness (QED) is 0.906. The molecule has 4 nitrogen and oxygen atoms in total. The molecule has 0 bridgehead atoms. The zero-order chi connectivity index (χ0) is 13.1. The van der Waals surface area contributed by atoms with E-state index in [1.54, 1.807) is 24.3 Å². The van der Waals surface area contributed by atoms with Gasteiger partial charge in [-0.15, -0.1) is 0 Å². The van der Waals surface area contributed by atoms with E-state index in [9.17, 15) is 4.39 Å². The second-order valence-corrected chi connectivity index (χ2v) is 3.65. The number of nitrogens with two attached hydrogens (primary N) is 1. The largest absolute Gasteiger partial charge is 0.494 e. The number of methoxy groups -OCH3 is 2. The summed E-state index contributed by atoms with van der Waals surface area (Å²) in [5.74, 6) is 0.0130. The molecule has 0 saturated heterocycles. The van der Waals surface area contributed by atoms with Crippen LogP contribution in [-0.2, 0) is 0 Å². The molecular formula is C13H13FN2O2. The van der Waals surface area contributed by atoms with Crippen LogP contribution in [-0.4, -0.2) is 19.2 Å². The zero-order valence-corrected chi connectivity index (χ0v) is 10.1. The van der Waals surface area contributed by atoms with Gasteiger partial charge in [0.05, 0.1) is 26.1 Å². The Morgan fingerprint density at radius 1 is 1.17 bits per heavy atom. The Morgan fingerprint density at radius 3 is 2.61 bits per heavy atom. The van der Waals surface area contributed by atoms with Gasteiger partial charge in [-0.1, -0.05) is 12.1 Å². The Morgan fingerprint density at radius 2 is 1.94 bits per heavy atom. The molecule has 0 aliphatic heterocycles. The molecule has 2 aromatic rings. The second kappa shape index (κ2) is 4.91. The zero-order valence-electron chi connectivity index (χ0n) is 10.1. The summed E-state index contributed by atoms with van der Waals surface area (Å²) in [6, 6.07) is 6.48. The first-order chi connectivity index (χ1) is 8.67. The van der Waals surface area contributed by atoms with Gasteiger partial charge >= 0.3 is 0 Å². The van der Waals surface area contributed by atoms with Crippen molar-refractivity contribution < 1.29 is 13.9 Å². The summed E-state index contributed by atoms with van der Waals surface area (Å²) in [5.41, 5.74) is 6.94. The first-order valence-corrected chi connectivity index (χ1v) is 5.29. The van der Waals surface area contributed by atoms with Crippen molar-refractivity contribution in [3.05, 3.63) is 36.3 Å². The van der Waals surface area contributed by atoms with Gasteiger partial charge in [-0.05, 0) is 12.1 Å². The molecule has 0 saturated carbocycles. The van der Waals surface area contributed by atoms with Crippen LogP contribution in [0.25, 0.3) is 11.1 Å². The van der Waals surface area contributed by atoms with E-state index < -0.39 is 5.82 Å². The molecule has 2 rings (SSSR count). The van der Waals surface area contributed by atoms with Crippen molar-refractivity contribution in [2.75, 3.05) is 20.0 Å². The molecule has 0 aliphatic rings. The Labute approximate surface area is 104 Å². The monoisotopic (exact) mass is 248 g/mol. The van der Waals surface area contributed by atoms with Gasteiger partial charge in [-0.25, -0.2) is 9.37 Å². The maximum absolute atomic E-state index is 14.2. The third-order valence-corrected chi connectivity index (χ3v) is 2.54. The second-order valence-electron chi connectivity index (χ2n) is 3.65. The number of aromatic nitrogens is 1. The molecule has 5 heteroatoms. The van der Waals surface area contributed by atoms with E-state index in [1.165, 1.54) is 20.4 Å². The van der Waals surface area contributed by atoms with Crippen molar-refractivity contribution in [1.82, 2.24) is 4.98 Å². The third kappa shape index (κ3) is 2.07. The minimum absolute atomic E-state index is 0.164. The highest BCUT2D eigenvalue weighted by Crippen LogP contribution is 2.34. The Balaban J connectivity index is 2.64. The molecule has 0 atom stereocenters. The maximum Gasteiger partial charge on any atom is 0.221 e. The van der Waals surface area contributed by atoms with Gasteiger partial charge in [0.25, 0.3) is 0 Å². The first kappa shape index (κ1) is 12.2. The van der Waals surface area contributed by atoms with Gasteiger partial charge in [0.1, 0.15) is 0 Å². The van der Waals surface area contributed by atoms with Crippen LogP contribution in [0.4, 0.5) is 10.1 Å². The van der Waals surface area contributed by atoms with Crippen molar-refractivity contribution in [3.8, 4) is 22.8 Å². The molecule has 1 aromatic carbocycles. The minimum Gasteiger partial charge on any atom is -0.494 e. The lowest BCUT2D eigenvalue weighted by Crippen LogP contribution is -1.97. The van der Waals surface area contributed by atoms with Gasteiger partial charge in [0.15, 0.2) is 11.6 Å². The number of pyridine rings is 1. The highest BCUT2D eigenvalue weighted by Gasteiger charge is 2.15. The fourth-order valence-electron chi connectivity index (χ4n) is 1.70. The molecule has 0 radical (unpaired) electrons. The number of nitrogens with zero attached hydrogens (tertiary/aromatic N) is 1. The van der Waals surface area contributed by atoms with Crippen molar-refractivity contribution in [1.29, 1.82) is 0 Å². The van der Waals surface area contributed by atoms with E-state index >= 15 is 0 Å². The van der Waals surface area contributed by atoms with E-state index in [2.05, 4.69) is 4.98 Å². The van der Waals surface area contributed by atoms with E-state index in [0.717, 1.165) is 0 Å². The first-order valence-electron chi connectivity index (χ1n) is 5.29. The number of rotatable bonds is 3. The Kier molecular flexibility index (Phi) is 3.32. The predicted octanol–water partition coefficient (Wildman–Crippen LogP) is 2.49. The number of benzene rings is 1. The lowest BCUT2D eigenvalue weighted by Gasteiger charge is -2.11. The van der Waals surface area contributed by atoms with Crippen LogP contribution >= 0.6 is 0 Å². The van der Waals surface area contributed by atoms with Gasteiger partial charge in [0.2, 0.25) is 5.88 Å². The fraction of sp³-hybridized carbons (Fsp3) is 0.154. The van der Waals surface area contributed by atoms with Crippen LogP contribution in [0.15, 0.2) is 30.5 Å². The van der Waals surface area contributed by atoms with Gasteiger partial charge in [-0.2, -0.15) is 0 Å². The van der Waals surface area contributed by atoms with Crippen molar-refractivity contribution in [2.45, 2.75) is 0 Å². The summed E-state index contributed by atoms with van der Waals surface area (Å²) in [4.78, 5) is 4.01. The highest BCUT2D eigenvalue weighted by atomic mass is 19.1. The average molecular weight is 248 g/mol. The molecule has 0 aliphatic carbocycles. The van der Waals surface area contributed by atoms with Gasteiger partial charge < -0.3 is 15.2 Å². The Hall–Kier alpha value is -2.30. The van der Waals surface area contributed by atoms with E-state index in [0.29, 0.717) is 22.7 Å². The summed E-state index contributed by atoms with van der Waals surface area (Å²) in [6.07, 6.45) is 1.46. The molecule has 0 unspecified atom stereocenters. The molecule has 0 amide bonds. The lowest BCUT2D eigenvalue weighted by molar-refractivity contribution is 0.386. The molecular weight excluding hydrogens is 235 g/mol. The standard InChI is InChI=1S/C13H13FN2O2/c1-17-11-5-3-4-9(12(11)14)10-6-8(15)7-16-13(10)18-2/h3-7H,15H2,1-2H3. The molecule has 2 N–H and O–H groups in total. The third-order valence-electron chi connectivity index (χ3n) is 2.54. The van der Waals surface area contributed by atoms with E-state index in [4.69, 9.17) is 15.2 Å². The summed E-state index contributed by atoms with van der Waals surface area (Å²) >= 11 is 0. The number of hydrogen-bond acceptors (Lipinski definition) is 4. The molecule has 0 fully saturated rings. The Bertz CT molecular complexity index is 573. The van der Waals surface area contributed by atoms with Crippen LogP contribution in [0.5, 0.6) is 11.6 Å². The predicted molar refractivity (Wildman–Crippen MR) is 67.1 cm³/mol. The number of nitrogen functional groups attached to an aromatic ring is 1. The summed E-state index contributed by atoms with van der Waals surface area (Å²) < 4.78 is 24.2. The molecule has 1 aromatic heterocycles. The summed E-state index contributed by atoms with van der Waals surface area (Å²) in [6.45, 7) is 0. The summed E-state index contributed by atoms with van der Waals surface area (Å²) in [5, 5.41) is 0. The molecule has 1 heterocycles. The smallest absolute Gasteiger partial charge is 0.221 e. The van der Waals surface area contributed by atoms with Crippen LogP contribution in [0.2, 0.25) is 0 Å². The van der Waals surface area contributed by atoms with Crippen molar-refractivity contribution >= 4 is 5.69 Å². The van der Waals surface area contributed by atoms with Crippen molar-refractivity contribution in [3.63, 3.8) is 0 Å². The van der Waals surface area contributed by atoms with E-state index in [-0.39, 0.29) is 5.75 Å².